The molecule has 28 heavy (non-hydrogen) atoms. The lowest BCUT2D eigenvalue weighted by Gasteiger charge is -2.15. The monoisotopic (exact) mass is 443 g/mol. The van der Waals surface area contributed by atoms with Gasteiger partial charge >= 0.3 is 0 Å². The molecule has 0 radical (unpaired) electrons. The fourth-order valence-corrected chi connectivity index (χ4v) is 3.46. The van der Waals surface area contributed by atoms with Crippen LogP contribution >= 0.6 is 15.9 Å². The van der Waals surface area contributed by atoms with E-state index in [-0.39, 0.29) is 12.4 Å². The van der Waals surface area contributed by atoms with Crippen LogP contribution in [-0.2, 0) is 13.2 Å². The fourth-order valence-electron chi connectivity index (χ4n) is 2.85. The molecule has 3 rings (SSSR count). The minimum atomic E-state index is -0.278. The van der Waals surface area contributed by atoms with Gasteiger partial charge in [0.2, 0.25) is 0 Å². The van der Waals surface area contributed by atoms with E-state index in [1.165, 1.54) is 23.3 Å². The second kappa shape index (κ2) is 9.11. The molecule has 3 aromatic carbocycles. The highest BCUT2D eigenvalue weighted by Crippen LogP contribution is 2.37. The number of methoxy groups -OCH3 is 1. The highest BCUT2D eigenvalue weighted by atomic mass is 79.9. The molecule has 0 fully saturated rings. The lowest BCUT2D eigenvalue weighted by Crippen LogP contribution is -2.03. The van der Waals surface area contributed by atoms with E-state index >= 15 is 0 Å². The van der Waals surface area contributed by atoms with Crippen LogP contribution in [0.1, 0.15) is 22.3 Å². The van der Waals surface area contributed by atoms with E-state index in [1.807, 2.05) is 18.2 Å². The highest BCUT2D eigenvalue weighted by molar-refractivity contribution is 9.10. The van der Waals surface area contributed by atoms with Gasteiger partial charge in [0.1, 0.15) is 12.4 Å². The van der Waals surface area contributed by atoms with Gasteiger partial charge in [-0.15, -0.1) is 0 Å². The molecule has 0 aliphatic heterocycles. The van der Waals surface area contributed by atoms with Crippen LogP contribution in [0, 0.1) is 19.7 Å². The van der Waals surface area contributed by atoms with Gasteiger partial charge < -0.3 is 14.8 Å². The minimum absolute atomic E-state index is 0.257. The van der Waals surface area contributed by atoms with Crippen LogP contribution in [0.2, 0.25) is 0 Å². The highest BCUT2D eigenvalue weighted by Gasteiger charge is 2.12. The Morgan fingerprint density at radius 3 is 2.50 bits per heavy atom. The molecule has 0 aromatic heterocycles. The second-order valence-electron chi connectivity index (χ2n) is 6.68. The van der Waals surface area contributed by atoms with Gasteiger partial charge in [0.25, 0.3) is 0 Å². The molecule has 0 amide bonds. The number of benzene rings is 3. The summed E-state index contributed by atoms with van der Waals surface area (Å²) in [5.74, 6) is 0.948. The predicted molar refractivity (Wildman–Crippen MR) is 115 cm³/mol. The van der Waals surface area contributed by atoms with E-state index in [0.717, 1.165) is 21.3 Å². The lowest BCUT2D eigenvalue weighted by molar-refractivity contribution is 0.282. The van der Waals surface area contributed by atoms with Gasteiger partial charge in [0.05, 0.1) is 11.6 Å². The third-order valence-corrected chi connectivity index (χ3v) is 5.15. The Morgan fingerprint density at radius 1 is 0.964 bits per heavy atom. The summed E-state index contributed by atoms with van der Waals surface area (Å²) in [4.78, 5) is 0. The van der Waals surface area contributed by atoms with Crippen LogP contribution < -0.4 is 14.8 Å². The zero-order chi connectivity index (χ0) is 20.1. The van der Waals surface area contributed by atoms with E-state index in [9.17, 15) is 4.39 Å². The summed E-state index contributed by atoms with van der Waals surface area (Å²) in [5.41, 5.74) is 5.42. The first kappa shape index (κ1) is 20.2. The third-order valence-electron chi connectivity index (χ3n) is 4.56. The standard InChI is InChI=1S/C23H23BrFNO2/c1-15-7-8-20(9-16(15)2)26-13-18-11-21(24)23(22(12-18)27-3)28-14-17-5-4-6-19(25)10-17/h4-12,26H,13-14H2,1-3H3. The molecule has 0 saturated heterocycles. The van der Waals surface area contributed by atoms with Crippen molar-refractivity contribution in [1.29, 1.82) is 0 Å². The van der Waals surface area contributed by atoms with Crippen molar-refractivity contribution in [1.82, 2.24) is 0 Å². The van der Waals surface area contributed by atoms with Gasteiger partial charge in [-0.25, -0.2) is 4.39 Å². The largest absolute Gasteiger partial charge is 0.493 e. The number of aryl methyl sites for hydroxylation is 2. The van der Waals surface area contributed by atoms with Crippen molar-refractivity contribution in [2.75, 3.05) is 12.4 Å². The van der Waals surface area contributed by atoms with Crippen molar-refractivity contribution in [2.45, 2.75) is 27.0 Å². The molecule has 0 aliphatic rings. The van der Waals surface area contributed by atoms with Crippen molar-refractivity contribution < 1.29 is 13.9 Å². The van der Waals surface area contributed by atoms with Crippen molar-refractivity contribution in [3.63, 3.8) is 0 Å². The molecule has 146 valence electrons. The summed E-state index contributed by atoms with van der Waals surface area (Å²) in [5, 5.41) is 3.43. The maximum Gasteiger partial charge on any atom is 0.175 e. The van der Waals surface area contributed by atoms with Crippen molar-refractivity contribution in [2.24, 2.45) is 0 Å². The third kappa shape index (κ3) is 5.04. The number of rotatable bonds is 7. The van der Waals surface area contributed by atoms with E-state index < -0.39 is 0 Å². The molecule has 3 nitrogen and oxygen atoms in total. The van der Waals surface area contributed by atoms with Crippen LogP contribution in [-0.4, -0.2) is 7.11 Å². The maximum atomic E-state index is 13.3. The number of hydrogen-bond donors (Lipinski definition) is 1. The average Bonchev–Trinajstić information content (AvgIpc) is 2.67. The van der Waals surface area contributed by atoms with Crippen molar-refractivity contribution in [3.8, 4) is 11.5 Å². The Labute approximate surface area is 173 Å². The molecular formula is C23H23BrFNO2. The molecule has 0 unspecified atom stereocenters. The smallest absolute Gasteiger partial charge is 0.175 e. The SMILES string of the molecule is COc1cc(CNc2ccc(C)c(C)c2)cc(Br)c1OCc1cccc(F)c1. The summed E-state index contributed by atoms with van der Waals surface area (Å²) in [7, 11) is 1.61. The zero-order valence-electron chi connectivity index (χ0n) is 16.2. The molecule has 0 heterocycles. The van der Waals surface area contributed by atoms with E-state index in [1.54, 1.807) is 13.2 Å². The van der Waals surface area contributed by atoms with Gasteiger partial charge in [-0.1, -0.05) is 18.2 Å². The van der Waals surface area contributed by atoms with Crippen LogP contribution in [0.25, 0.3) is 0 Å². The summed E-state index contributed by atoms with van der Waals surface area (Å²) < 4.78 is 25.5. The normalized spacial score (nSPS) is 10.6. The number of anilines is 1. The van der Waals surface area contributed by atoms with E-state index in [4.69, 9.17) is 9.47 Å². The Hall–Kier alpha value is -2.53. The summed E-state index contributed by atoms with van der Waals surface area (Å²) >= 11 is 3.57. The molecule has 0 spiro atoms. The summed E-state index contributed by atoms with van der Waals surface area (Å²) in [6, 6.07) is 16.6. The average molecular weight is 444 g/mol. The van der Waals surface area contributed by atoms with Gasteiger partial charge in [-0.05, 0) is 88.4 Å². The topological polar surface area (TPSA) is 30.5 Å². The Morgan fingerprint density at radius 2 is 1.79 bits per heavy atom. The number of nitrogens with one attached hydrogen (secondary N) is 1. The van der Waals surface area contributed by atoms with E-state index in [0.29, 0.717) is 18.0 Å². The van der Waals surface area contributed by atoms with Gasteiger partial charge in [0, 0.05) is 12.2 Å². The Kier molecular flexibility index (Phi) is 6.57. The molecule has 0 saturated carbocycles. The number of hydrogen-bond acceptors (Lipinski definition) is 3. The van der Waals surface area contributed by atoms with Gasteiger partial charge in [0.15, 0.2) is 11.5 Å². The zero-order valence-corrected chi connectivity index (χ0v) is 17.8. The van der Waals surface area contributed by atoms with Crippen LogP contribution in [0.15, 0.2) is 59.1 Å². The molecule has 0 atom stereocenters. The first-order valence-electron chi connectivity index (χ1n) is 9.01. The van der Waals surface area contributed by atoms with Gasteiger partial charge in [-0.3, -0.25) is 0 Å². The second-order valence-corrected chi connectivity index (χ2v) is 7.53. The van der Waals surface area contributed by atoms with Crippen LogP contribution in [0.4, 0.5) is 10.1 Å². The first-order chi connectivity index (χ1) is 13.5. The lowest BCUT2D eigenvalue weighted by atomic mass is 10.1. The Bertz CT molecular complexity index is 975. The van der Waals surface area contributed by atoms with Gasteiger partial charge in [-0.2, -0.15) is 0 Å². The summed E-state index contributed by atoms with van der Waals surface area (Å²) in [6.45, 7) is 5.11. The summed E-state index contributed by atoms with van der Waals surface area (Å²) in [6.07, 6.45) is 0. The molecule has 1 N–H and O–H groups in total. The maximum absolute atomic E-state index is 13.3. The van der Waals surface area contributed by atoms with Crippen LogP contribution in [0.3, 0.4) is 0 Å². The number of halogens is 2. The molecule has 0 bridgehead atoms. The molecular weight excluding hydrogens is 421 g/mol. The first-order valence-corrected chi connectivity index (χ1v) is 9.80. The van der Waals surface area contributed by atoms with Crippen molar-refractivity contribution >= 4 is 21.6 Å². The van der Waals surface area contributed by atoms with Crippen molar-refractivity contribution in [3.05, 3.63) is 87.1 Å². The minimum Gasteiger partial charge on any atom is -0.493 e. The van der Waals surface area contributed by atoms with Crippen LogP contribution in [0.5, 0.6) is 11.5 Å². The van der Waals surface area contributed by atoms with E-state index in [2.05, 4.69) is 53.3 Å². The fraction of sp³-hybridized carbons (Fsp3) is 0.217. The molecule has 3 aromatic rings. The molecule has 5 heteroatoms. The predicted octanol–water partition coefficient (Wildman–Crippen LogP) is 6.40. The number of ether oxygens (including phenoxy) is 2. The quantitative estimate of drug-likeness (QED) is 0.457. The Balaban J connectivity index is 1.72. The molecule has 0 aliphatic carbocycles.